The van der Waals surface area contributed by atoms with Crippen molar-refractivity contribution in [2.75, 3.05) is 13.2 Å². The molecule has 0 aliphatic heterocycles. The Morgan fingerprint density at radius 2 is 0.690 bits per heavy atom. The van der Waals surface area contributed by atoms with Crippen molar-refractivity contribution in [3.8, 4) is 17.2 Å². The Bertz CT molecular complexity index is 1540. The lowest BCUT2D eigenvalue weighted by Crippen LogP contribution is -2.33. The summed E-state index contributed by atoms with van der Waals surface area (Å²) in [5.41, 5.74) is -3.74. The molecule has 3 rings (SSSR count). The fourth-order valence-corrected chi connectivity index (χ4v) is 3.42. The van der Waals surface area contributed by atoms with Gasteiger partial charge in [-0.3, -0.25) is 0 Å². The standard InChI is InChI=1S/C27H14F12O3/c1-4-10-14(29)20(35)26(21(36)15(10)30)41-8-9(42-27-22(37)16(31)11(5-2)17(32)23(27)38)7-40-25-18(33)12(6-3)13(28)19(34)24(25)39/h4-6,9H,1-3,7-8H2. The molecule has 1 atom stereocenters. The molecule has 0 aromatic heterocycles. The first kappa shape index (κ1) is 32.0. The summed E-state index contributed by atoms with van der Waals surface area (Å²) >= 11 is 0. The molecule has 0 saturated heterocycles. The number of benzene rings is 3. The Morgan fingerprint density at radius 1 is 0.405 bits per heavy atom. The van der Waals surface area contributed by atoms with Gasteiger partial charge in [0.15, 0.2) is 64.1 Å². The molecule has 42 heavy (non-hydrogen) atoms. The quantitative estimate of drug-likeness (QED) is 0.124. The van der Waals surface area contributed by atoms with Gasteiger partial charge in [-0.2, -0.15) is 22.0 Å². The second-order valence-electron chi connectivity index (χ2n) is 7.97. The molecule has 0 bridgehead atoms. The van der Waals surface area contributed by atoms with Crippen LogP contribution in [0.1, 0.15) is 16.7 Å². The van der Waals surface area contributed by atoms with Gasteiger partial charge >= 0.3 is 0 Å². The van der Waals surface area contributed by atoms with Crippen LogP contribution in [0.4, 0.5) is 52.7 Å². The van der Waals surface area contributed by atoms with Gasteiger partial charge in [-0.05, 0) is 0 Å². The first-order valence-electron chi connectivity index (χ1n) is 11.1. The summed E-state index contributed by atoms with van der Waals surface area (Å²) < 4.78 is 185. The van der Waals surface area contributed by atoms with E-state index in [1.807, 2.05) is 0 Å². The van der Waals surface area contributed by atoms with Gasteiger partial charge in [0.2, 0.25) is 29.1 Å². The van der Waals surface area contributed by atoms with Crippen molar-refractivity contribution in [3.63, 3.8) is 0 Å². The Morgan fingerprint density at radius 3 is 1.07 bits per heavy atom. The van der Waals surface area contributed by atoms with Crippen LogP contribution in [0.15, 0.2) is 19.7 Å². The second-order valence-corrected chi connectivity index (χ2v) is 7.97. The van der Waals surface area contributed by atoms with Gasteiger partial charge in [0, 0.05) is 0 Å². The number of rotatable bonds is 11. The van der Waals surface area contributed by atoms with Crippen molar-refractivity contribution in [2.24, 2.45) is 0 Å². The molecule has 0 amide bonds. The number of halogens is 12. The maximum atomic E-state index is 14.6. The molecule has 15 heteroatoms. The largest absolute Gasteiger partial charge is 0.483 e. The minimum Gasteiger partial charge on any atom is -0.483 e. The van der Waals surface area contributed by atoms with Gasteiger partial charge < -0.3 is 14.2 Å². The van der Waals surface area contributed by atoms with E-state index in [0.29, 0.717) is 18.2 Å². The van der Waals surface area contributed by atoms with E-state index in [1.54, 1.807) is 0 Å². The van der Waals surface area contributed by atoms with Crippen LogP contribution in [0.25, 0.3) is 18.2 Å². The third-order valence-electron chi connectivity index (χ3n) is 5.50. The van der Waals surface area contributed by atoms with Gasteiger partial charge in [0.1, 0.15) is 13.2 Å². The molecule has 0 spiro atoms. The maximum absolute atomic E-state index is 14.6. The second kappa shape index (κ2) is 12.5. The van der Waals surface area contributed by atoms with E-state index in [2.05, 4.69) is 24.5 Å². The Labute approximate surface area is 228 Å². The fraction of sp³-hybridized carbons (Fsp3) is 0.111. The lowest BCUT2D eigenvalue weighted by Gasteiger charge is -2.22. The molecule has 0 saturated carbocycles. The summed E-state index contributed by atoms with van der Waals surface area (Å²) in [5, 5.41) is 0. The highest BCUT2D eigenvalue weighted by atomic mass is 19.2. The van der Waals surface area contributed by atoms with Crippen LogP contribution in [-0.2, 0) is 0 Å². The van der Waals surface area contributed by atoms with E-state index in [9.17, 15) is 52.7 Å². The van der Waals surface area contributed by atoms with Gasteiger partial charge in [0.05, 0.1) is 16.7 Å². The maximum Gasteiger partial charge on any atom is 0.206 e. The van der Waals surface area contributed by atoms with Gasteiger partial charge in [-0.15, -0.1) is 0 Å². The Kier molecular flexibility index (Phi) is 9.53. The number of hydrogen-bond donors (Lipinski definition) is 0. The van der Waals surface area contributed by atoms with Crippen LogP contribution < -0.4 is 14.2 Å². The Balaban J connectivity index is 2.07. The molecule has 3 nitrogen and oxygen atoms in total. The van der Waals surface area contributed by atoms with Crippen LogP contribution in [0.5, 0.6) is 17.2 Å². The lowest BCUT2D eigenvalue weighted by molar-refractivity contribution is 0.0659. The molecular weight excluding hydrogens is 600 g/mol. The minimum absolute atomic E-state index is 0.400. The number of hydrogen-bond acceptors (Lipinski definition) is 3. The van der Waals surface area contributed by atoms with Crippen molar-refractivity contribution >= 4 is 18.2 Å². The van der Waals surface area contributed by atoms with E-state index < -0.39 is 123 Å². The SMILES string of the molecule is C=Cc1c(F)c(F)c(OCC(COc2c(F)c(F)c(F)c(C=C)c2F)Oc2c(F)c(F)c(C=C)c(F)c2F)c(F)c1F. The Hall–Kier alpha value is -4.56. The summed E-state index contributed by atoms with van der Waals surface area (Å²) in [5.74, 6) is -30.4. The molecule has 224 valence electrons. The van der Waals surface area contributed by atoms with E-state index in [0.717, 1.165) is 0 Å². The van der Waals surface area contributed by atoms with Gasteiger partial charge in [-0.1, -0.05) is 38.0 Å². The average Bonchev–Trinajstić information content (AvgIpc) is 2.96. The van der Waals surface area contributed by atoms with E-state index in [-0.39, 0.29) is 0 Å². The van der Waals surface area contributed by atoms with E-state index in [4.69, 9.17) is 9.47 Å². The topological polar surface area (TPSA) is 27.7 Å². The molecule has 0 fully saturated rings. The highest BCUT2D eigenvalue weighted by Gasteiger charge is 2.31. The molecule has 0 aliphatic carbocycles. The third-order valence-corrected chi connectivity index (χ3v) is 5.50. The first-order valence-corrected chi connectivity index (χ1v) is 11.1. The third kappa shape index (κ3) is 5.50. The van der Waals surface area contributed by atoms with Crippen LogP contribution in [0.3, 0.4) is 0 Å². The molecule has 0 N–H and O–H groups in total. The van der Waals surface area contributed by atoms with Crippen LogP contribution in [0, 0.1) is 69.8 Å². The van der Waals surface area contributed by atoms with Gasteiger partial charge in [0.25, 0.3) is 0 Å². The zero-order valence-electron chi connectivity index (χ0n) is 20.6. The molecule has 0 radical (unpaired) electrons. The molecular formula is C27H14F12O3. The summed E-state index contributed by atoms with van der Waals surface area (Å²) in [6.07, 6.45) is -1.05. The monoisotopic (exact) mass is 614 g/mol. The van der Waals surface area contributed by atoms with Crippen molar-refractivity contribution in [2.45, 2.75) is 6.10 Å². The van der Waals surface area contributed by atoms with Gasteiger partial charge in [-0.25, -0.2) is 30.7 Å². The highest BCUT2D eigenvalue weighted by molar-refractivity contribution is 5.54. The summed E-state index contributed by atoms with van der Waals surface area (Å²) in [7, 11) is 0. The number of ether oxygens (including phenoxy) is 3. The average molecular weight is 614 g/mol. The van der Waals surface area contributed by atoms with Crippen molar-refractivity contribution < 1.29 is 66.9 Å². The smallest absolute Gasteiger partial charge is 0.206 e. The molecule has 0 aliphatic rings. The predicted octanol–water partition coefficient (Wildman–Crippen LogP) is 8.19. The van der Waals surface area contributed by atoms with E-state index >= 15 is 0 Å². The zero-order valence-corrected chi connectivity index (χ0v) is 20.6. The minimum atomic E-state index is -2.30. The first-order chi connectivity index (χ1) is 19.7. The molecule has 3 aromatic rings. The summed E-state index contributed by atoms with van der Waals surface area (Å²) in [4.78, 5) is 0. The van der Waals surface area contributed by atoms with Crippen molar-refractivity contribution in [3.05, 3.63) is 106 Å². The predicted molar refractivity (Wildman–Crippen MR) is 125 cm³/mol. The highest BCUT2D eigenvalue weighted by Crippen LogP contribution is 2.35. The molecule has 0 heterocycles. The zero-order chi connectivity index (χ0) is 31.6. The molecule has 3 aromatic carbocycles. The normalized spacial score (nSPS) is 11.7. The van der Waals surface area contributed by atoms with Crippen molar-refractivity contribution in [1.29, 1.82) is 0 Å². The van der Waals surface area contributed by atoms with Crippen LogP contribution in [0.2, 0.25) is 0 Å². The fourth-order valence-electron chi connectivity index (χ4n) is 3.42. The van der Waals surface area contributed by atoms with E-state index in [1.165, 1.54) is 0 Å². The summed E-state index contributed by atoms with van der Waals surface area (Å²) in [6.45, 7) is 6.04. The van der Waals surface area contributed by atoms with Crippen molar-refractivity contribution in [1.82, 2.24) is 0 Å². The van der Waals surface area contributed by atoms with Crippen LogP contribution in [-0.4, -0.2) is 19.3 Å². The summed E-state index contributed by atoms with van der Waals surface area (Å²) in [6, 6.07) is 0. The lowest BCUT2D eigenvalue weighted by atomic mass is 10.1. The molecule has 1 unspecified atom stereocenters. The van der Waals surface area contributed by atoms with Crippen LogP contribution >= 0.6 is 0 Å².